The summed E-state index contributed by atoms with van der Waals surface area (Å²) in [6.07, 6.45) is 4.39. The van der Waals surface area contributed by atoms with E-state index in [-0.39, 0.29) is 0 Å². The lowest BCUT2D eigenvalue weighted by Gasteiger charge is -2.51. The Morgan fingerprint density at radius 3 is 2.16 bits per heavy atom. The van der Waals surface area contributed by atoms with E-state index < -0.39 is 19.3 Å². The molecule has 0 amide bonds. The molecule has 0 saturated carbocycles. The second-order valence-electron chi connectivity index (χ2n) is 7.03. The van der Waals surface area contributed by atoms with Crippen molar-refractivity contribution in [3.63, 3.8) is 0 Å². The highest BCUT2D eigenvalue weighted by Crippen LogP contribution is 2.55. The van der Waals surface area contributed by atoms with Gasteiger partial charge >= 0.3 is 0 Å². The van der Waals surface area contributed by atoms with Gasteiger partial charge in [-0.25, -0.2) is 9.78 Å². The Morgan fingerprint density at radius 1 is 1.00 bits per heavy atom. The first-order valence-electron chi connectivity index (χ1n) is 6.97. The highest BCUT2D eigenvalue weighted by Gasteiger charge is 2.54. The Morgan fingerprint density at radius 2 is 1.63 bits per heavy atom. The van der Waals surface area contributed by atoms with Gasteiger partial charge in [0, 0.05) is 0 Å². The molecule has 0 saturated heterocycles. The van der Waals surface area contributed by atoms with E-state index in [2.05, 4.69) is 69.9 Å². The van der Waals surface area contributed by atoms with Crippen LogP contribution in [0.5, 0.6) is 0 Å². The molecule has 0 N–H and O–H groups in total. The van der Waals surface area contributed by atoms with Crippen LogP contribution in [-0.4, -0.2) is 8.07 Å². The number of hydrogen-bond donors (Lipinski definition) is 0. The molecule has 2 bridgehead atoms. The molecule has 0 unspecified atom stereocenters. The highest BCUT2D eigenvalue weighted by atomic mass is 28.3. The van der Waals surface area contributed by atoms with E-state index in [9.17, 15) is 0 Å². The molecule has 3 aliphatic rings. The lowest BCUT2D eigenvalue weighted by Crippen LogP contribution is -2.52. The minimum Gasteiger partial charge on any atom is -0.220 e. The molecule has 3 atom stereocenters. The minimum atomic E-state index is -1.37. The number of hydrogen-bond acceptors (Lipinski definition) is 2. The number of benzene rings is 1. The van der Waals surface area contributed by atoms with Gasteiger partial charge in [0.05, 0.1) is 8.07 Å². The van der Waals surface area contributed by atoms with E-state index in [1.54, 1.807) is 0 Å². The quantitative estimate of drug-likeness (QED) is 0.453. The molecule has 102 valence electrons. The molecule has 0 spiro atoms. The largest absolute Gasteiger partial charge is 0.220 e. The topological polar surface area (TPSA) is 18.5 Å². The third-order valence-electron chi connectivity index (χ3n) is 4.83. The van der Waals surface area contributed by atoms with Crippen LogP contribution in [0.4, 0.5) is 0 Å². The summed E-state index contributed by atoms with van der Waals surface area (Å²) < 4.78 is 0. The second kappa shape index (κ2) is 3.81. The lowest BCUT2D eigenvalue weighted by molar-refractivity contribution is -0.419. The van der Waals surface area contributed by atoms with Crippen LogP contribution in [0.1, 0.15) is 25.0 Å². The molecule has 19 heavy (non-hydrogen) atoms. The van der Waals surface area contributed by atoms with Crippen molar-refractivity contribution < 1.29 is 9.78 Å². The Hall–Kier alpha value is -0.903. The van der Waals surface area contributed by atoms with Crippen molar-refractivity contribution in [1.29, 1.82) is 0 Å². The molecular weight excluding hydrogens is 252 g/mol. The monoisotopic (exact) mass is 274 g/mol. The van der Waals surface area contributed by atoms with E-state index in [1.165, 1.54) is 11.1 Å². The molecule has 4 rings (SSSR count). The van der Waals surface area contributed by atoms with Crippen LogP contribution in [0.3, 0.4) is 0 Å². The summed E-state index contributed by atoms with van der Waals surface area (Å²) in [5, 5.41) is 0. The molecule has 2 heterocycles. The van der Waals surface area contributed by atoms with Crippen LogP contribution in [0.2, 0.25) is 25.2 Å². The maximum absolute atomic E-state index is 5.93. The van der Waals surface area contributed by atoms with Crippen LogP contribution in [-0.2, 0) is 21.0 Å². The zero-order valence-electron chi connectivity index (χ0n) is 12.4. The standard InChI is InChI=1S/C16H22O2Si/c1-12(19(3,4)5)16-11-10-15(2,17-18-16)13-8-6-7-9-14(13)16/h6-12H,1-5H3/t12-,15-,16-/m1/s1. The van der Waals surface area contributed by atoms with Crippen molar-refractivity contribution in [2.75, 3.05) is 0 Å². The zero-order valence-corrected chi connectivity index (χ0v) is 13.4. The van der Waals surface area contributed by atoms with Gasteiger partial charge in [-0.15, -0.1) is 0 Å². The lowest BCUT2D eigenvalue weighted by atomic mass is 9.75. The highest BCUT2D eigenvalue weighted by molar-refractivity contribution is 6.77. The van der Waals surface area contributed by atoms with Gasteiger partial charge in [0.25, 0.3) is 0 Å². The van der Waals surface area contributed by atoms with Crippen LogP contribution >= 0.6 is 0 Å². The number of rotatable bonds is 2. The summed E-state index contributed by atoms with van der Waals surface area (Å²) in [5.41, 5.74) is 2.13. The van der Waals surface area contributed by atoms with E-state index in [4.69, 9.17) is 9.78 Å². The fraction of sp³-hybridized carbons (Fsp3) is 0.500. The number of fused-ring (bicyclic) bond motifs is 1. The summed E-state index contributed by atoms with van der Waals surface area (Å²) >= 11 is 0. The Labute approximate surface area is 116 Å². The fourth-order valence-electron chi connectivity index (χ4n) is 3.11. The Kier molecular flexibility index (Phi) is 2.63. The maximum Gasteiger partial charge on any atom is 0.147 e. The Bertz CT molecular complexity index is 546. The average molecular weight is 274 g/mol. The van der Waals surface area contributed by atoms with Gasteiger partial charge < -0.3 is 0 Å². The van der Waals surface area contributed by atoms with Crippen molar-refractivity contribution >= 4 is 8.07 Å². The van der Waals surface area contributed by atoms with Crippen LogP contribution in [0.25, 0.3) is 0 Å². The second-order valence-corrected chi connectivity index (χ2v) is 12.6. The zero-order chi connectivity index (χ0) is 13.9. The molecule has 3 heteroatoms. The van der Waals surface area contributed by atoms with Gasteiger partial charge in [0.15, 0.2) is 0 Å². The predicted octanol–water partition coefficient (Wildman–Crippen LogP) is 4.36. The summed E-state index contributed by atoms with van der Waals surface area (Å²) in [6.45, 7) is 11.5. The third-order valence-corrected chi connectivity index (χ3v) is 7.85. The van der Waals surface area contributed by atoms with Gasteiger partial charge in [0.2, 0.25) is 0 Å². The predicted molar refractivity (Wildman–Crippen MR) is 79.6 cm³/mol. The van der Waals surface area contributed by atoms with Crippen LogP contribution < -0.4 is 0 Å². The normalized spacial score (nSPS) is 34.2. The minimum absolute atomic E-state index is 0.404. The van der Waals surface area contributed by atoms with E-state index >= 15 is 0 Å². The maximum atomic E-state index is 5.93. The van der Waals surface area contributed by atoms with Gasteiger partial charge in [-0.2, -0.15) is 0 Å². The molecule has 1 aromatic rings. The first kappa shape index (κ1) is 13.1. The summed E-state index contributed by atoms with van der Waals surface area (Å²) in [5.74, 6) is 0. The molecule has 1 aliphatic carbocycles. The van der Waals surface area contributed by atoms with Crippen molar-refractivity contribution in [3.05, 3.63) is 47.5 Å². The molecule has 2 aliphatic heterocycles. The molecule has 2 nitrogen and oxygen atoms in total. The molecular formula is C16H22O2Si. The average Bonchev–Trinajstić information content (AvgIpc) is 2.38. The fourth-order valence-corrected chi connectivity index (χ4v) is 4.70. The van der Waals surface area contributed by atoms with E-state index in [0.29, 0.717) is 5.54 Å². The SMILES string of the molecule is C[C@H]([C@@]12C=C[C@@](C)(OO1)c1ccccc12)[Si](C)(C)C. The van der Waals surface area contributed by atoms with Gasteiger partial charge in [-0.05, 0) is 35.7 Å². The summed E-state index contributed by atoms with van der Waals surface area (Å²) in [6, 6.07) is 8.52. The summed E-state index contributed by atoms with van der Waals surface area (Å²) in [7, 11) is -1.37. The molecule has 0 aromatic heterocycles. The first-order chi connectivity index (χ1) is 8.80. The first-order valence-corrected chi connectivity index (χ1v) is 10.5. The molecule has 1 aromatic carbocycles. The van der Waals surface area contributed by atoms with Gasteiger partial charge in [-0.1, -0.05) is 50.8 Å². The molecule has 0 fully saturated rings. The van der Waals surface area contributed by atoms with Crippen molar-refractivity contribution in [2.45, 2.75) is 50.2 Å². The van der Waals surface area contributed by atoms with Crippen molar-refractivity contribution in [2.24, 2.45) is 0 Å². The van der Waals surface area contributed by atoms with Crippen LogP contribution in [0, 0.1) is 0 Å². The third kappa shape index (κ3) is 1.68. The Balaban J connectivity index is 2.21. The van der Waals surface area contributed by atoms with E-state index in [1.807, 2.05) is 0 Å². The molecule has 0 radical (unpaired) electrons. The van der Waals surface area contributed by atoms with E-state index in [0.717, 1.165) is 0 Å². The van der Waals surface area contributed by atoms with Gasteiger partial charge in [0.1, 0.15) is 11.2 Å². The summed E-state index contributed by atoms with van der Waals surface area (Å²) in [4.78, 5) is 11.7. The van der Waals surface area contributed by atoms with Crippen molar-refractivity contribution in [1.82, 2.24) is 0 Å². The smallest absolute Gasteiger partial charge is 0.147 e. The van der Waals surface area contributed by atoms with Gasteiger partial charge in [-0.3, -0.25) is 0 Å². The van der Waals surface area contributed by atoms with Crippen molar-refractivity contribution in [3.8, 4) is 0 Å². The van der Waals surface area contributed by atoms with Crippen LogP contribution in [0.15, 0.2) is 36.4 Å².